The summed E-state index contributed by atoms with van der Waals surface area (Å²) < 4.78 is 0. The maximum atomic E-state index is 13.0. The molecular weight excluding hydrogens is 428 g/mol. The zero-order valence-electron chi connectivity index (χ0n) is 18.5. The number of aromatic amines is 1. The fourth-order valence-corrected chi connectivity index (χ4v) is 4.53. The number of hydrogen-bond donors (Lipinski definition) is 2. The Morgan fingerprint density at radius 3 is 2.34 bits per heavy atom. The summed E-state index contributed by atoms with van der Waals surface area (Å²) in [6.07, 6.45) is 4.76. The largest absolute Gasteiger partial charge is 0.352 e. The molecule has 9 heteroatoms. The first kappa shape index (κ1) is 23.7. The molecule has 2 atom stereocenters. The van der Waals surface area contributed by atoms with Gasteiger partial charge in [-0.3, -0.25) is 24.1 Å². The smallest absolute Gasteiger partial charge is 0.261 e. The molecule has 1 aromatic heterocycles. The van der Waals surface area contributed by atoms with Gasteiger partial charge in [0, 0.05) is 38.3 Å². The lowest BCUT2D eigenvalue weighted by atomic mass is 10.00. The normalized spacial score (nSPS) is 15.1. The van der Waals surface area contributed by atoms with E-state index in [0.717, 1.165) is 17.6 Å². The van der Waals surface area contributed by atoms with Crippen LogP contribution in [0.2, 0.25) is 0 Å². The molecular formula is C23H28N4O4S. The summed E-state index contributed by atoms with van der Waals surface area (Å²) >= 11 is 0.978. The lowest BCUT2D eigenvalue weighted by molar-refractivity contribution is -0.122. The molecule has 0 fully saturated rings. The van der Waals surface area contributed by atoms with Gasteiger partial charge in [-0.15, -0.1) is 0 Å². The first-order valence-electron chi connectivity index (χ1n) is 10.7. The molecule has 3 amide bonds. The molecule has 0 aliphatic carbocycles. The minimum atomic E-state index is -0.597. The fourth-order valence-electron chi connectivity index (χ4n) is 3.67. The van der Waals surface area contributed by atoms with Gasteiger partial charge in [0.1, 0.15) is 5.82 Å². The van der Waals surface area contributed by atoms with E-state index in [4.69, 9.17) is 0 Å². The predicted molar refractivity (Wildman–Crippen MR) is 122 cm³/mol. The van der Waals surface area contributed by atoms with E-state index in [2.05, 4.69) is 15.3 Å². The second-order valence-electron chi connectivity index (χ2n) is 8.15. The number of nitrogens with one attached hydrogen (secondary N) is 2. The van der Waals surface area contributed by atoms with Crippen molar-refractivity contribution in [3.8, 4) is 0 Å². The molecule has 1 aliphatic rings. The molecule has 0 spiro atoms. The van der Waals surface area contributed by atoms with E-state index in [9.17, 15) is 19.2 Å². The summed E-state index contributed by atoms with van der Waals surface area (Å²) in [6.45, 7) is 5.67. The van der Waals surface area contributed by atoms with Crippen molar-refractivity contribution in [2.45, 2.75) is 51.3 Å². The van der Waals surface area contributed by atoms with Gasteiger partial charge < -0.3 is 10.3 Å². The van der Waals surface area contributed by atoms with Gasteiger partial charge in [-0.2, -0.15) is 0 Å². The average Bonchev–Trinajstić information content (AvgIpc) is 3.34. The van der Waals surface area contributed by atoms with Crippen LogP contribution in [0.15, 0.2) is 36.7 Å². The van der Waals surface area contributed by atoms with E-state index in [-0.39, 0.29) is 41.3 Å². The number of carbonyl (C=O) groups is 4. The third-order valence-corrected chi connectivity index (χ3v) is 6.49. The summed E-state index contributed by atoms with van der Waals surface area (Å²) in [5.74, 6) is 0.0990. The Morgan fingerprint density at radius 1 is 1.16 bits per heavy atom. The highest BCUT2D eigenvalue weighted by Gasteiger charge is 2.35. The number of fused-ring (bicyclic) bond motifs is 1. The van der Waals surface area contributed by atoms with Crippen LogP contribution in [0, 0.1) is 5.92 Å². The minimum absolute atomic E-state index is 0.139. The van der Waals surface area contributed by atoms with Crippen LogP contribution in [0.3, 0.4) is 0 Å². The van der Waals surface area contributed by atoms with Crippen LogP contribution in [0.4, 0.5) is 0 Å². The molecule has 1 aromatic carbocycles. The second kappa shape index (κ2) is 10.6. The molecule has 3 rings (SSSR count). The molecule has 2 N–H and O–H groups in total. The fraction of sp³-hybridized carbons (Fsp3) is 0.435. The molecule has 170 valence electrons. The van der Waals surface area contributed by atoms with Crippen molar-refractivity contribution in [1.29, 1.82) is 0 Å². The van der Waals surface area contributed by atoms with Gasteiger partial charge >= 0.3 is 0 Å². The van der Waals surface area contributed by atoms with Crippen LogP contribution in [0.25, 0.3) is 0 Å². The van der Waals surface area contributed by atoms with Crippen LogP contribution in [0.5, 0.6) is 0 Å². The van der Waals surface area contributed by atoms with Crippen LogP contribution in [0.1, 0.15) is 60.2 Å². The standard InChI is InChI=1S/C23H28N4O4S/c1-14(2)18(13-20-24-10-11-25-20)26-21(29)19(32-15(3)28)9-6-12-27-22(30)16-7-4-5-8-17(16)23(27)31/h4-5,7-8,10-11,14,18-19H,6,9,12-13H2,1-3H3,(H,24,25)(H,26,29)/t18-,19+/m0/s1. The maximum Gasteiger partial charge on any atom is 0.261 e. The molecule has 0 unspecified atom stereocenters. The Hall–Kier alpha value is -2.94. The van der Waals surface area contributed by atoms with Crippen molar-refractivity contribution in [2.24, 2.45) is 5.92 Å². The highest BCUT2D eigenvalue weighted by Crippen LogP contribution is 2.24. The molecule has 0 saturated heterocycles. The number of imide groups is 1. The van der Waals surface area contributed by atoms with Gasteiger partial charge in [-0.05, 0) is 30.9 Å². The third kappa shape index (κ3) is 5.64. The highest BCUT2D eigenvalue weighted by atomic mass is 32.2. The summed E-state index contributed by atoms with van der Waals surface area (Å²) in [7, 11) is 0. The van der Waals surface area contributed by atoms with Gasteiger partial charge in [-0.1, -0.05) is 37.7 Å². The van der Waals surface area contributed by atoms with Crippen molar-refractivity contribution in [3.63, 3.8) is 0 Å². The number of H-pyrrole nitrogens is 1. The number of thioether (sulfide) groups is 1. The van der Waals surface area contributed by atoms with Crippen molar-refractivity contribution >= 4 is 34.6 Å². The Labute approximate surface area is 191 Å². The topological polar surface area (TPSA) is 112 Å². The van der Waals surface area contributed by atoms with Crippen LogP contribution >= 0.6 is 11.8 Å². The van der Waals surface area contributed by atoms with E-state index < -0.39 is 5.25 Å². The van der Waals surface area contributed by atoms with Gasteiger partial charge in [0.2, 0.25) is 5.91 Å². The van der Waals surface area contributed by atoms with E-state index in [1.54, 1.807) is 36.7 Å². The van der Waals surface area contributed by atoms with E-state index in [0.29, 0.717) is 30.4 Å². The maximum absolute atomic E-state index is 13.0. The molecule has 0 saturated carbocycles. The number of hydrogen-bond acceptors (Lipinski definition) is 6. The van der Waals surface area contributed by atoms with E-state index in [1.807, 2.05) is 13.8 Å². The molecule has 2 aromatic rings. The first-order valence-corrected chi connectivity index (χ1v) is 11.6. The summed E-state index contributed by atoms with van der Waals surface area (Å²) in [5.41, 5.74) is 0.810. The minimum Gasteiger partial charge on any atom is -0.352 e. The van der Waals surface area contributed by atoms with Crippen LogP contribution in [-0.4, -0.2) is 55.5 Å². The van der Waals surface area contributed by atoms with Crippen LogP contribution in [-0.2, 0) is 16.0 Å². The Morgan fingerprint density at radius 2 is 1.81 bits per heavy atom. The van der Waals surface area contributed by atoms with Gasteiger partial charge in [0.25, 0.3) is 11.8 Å². The molecule has 32 heavy (non-hydrogen) atoms. The lowest BCUT2D eigenvalue weighted by Gasteiger charge is -2.24. The zero-order chi connectivity index (χ0) is 23.3. The Bertz CT molecular complexity index is 955. The summed E-state index contributed by atoms with van der Waals surface area (Å²) in [4.78, 5) is 58.3. The number of rotatable bonds is 10. The van der Waals surface area contributed by atoms with Crippen molar-refractivity contribution < 1.29 is 19.2 Å². The number of benzene rings is 1. The van der Waals surface area contributed by atoms with Crippen molar-refractivity contribution in [3.05, 3.63) is 53.6 Å². The quantitative estimate of drug-likeness (QED) is 0.532. The monoisotopic (exact) mass is 456 g/mol. The summed E-state index contributed by atoms with van der Waals surface area (Å²) in [5, 5.41) is 2.30. The predicted octanol–water partition coefficient (Wildman–Crippen LogP) is 2.82. The van der Waals surface area contributed by atoms with Gasteiger partial charge in [0.05, 0.1) is 16.4 Å². The van der Waals surface area contributed by atoms with Crippen LogP contribution < -0.4 is 5.32 Å². The zero-order valence-corrected chi connectivity index (χ0v) is 19.3. The number of imidazole rings is 1. The molecule has 2 heterocycles. The van der Waals surface area contributed by atoms with Crippen molar-refractivity contribution in [1.82, 2.24) is 20.2 Å². The molecule has 0 bridgehead atoms. The number of amides is 3. The Kier molecular flexibility index (Phi) is 7.84. The van der Waals surface area contributed by atoms with E-state index in [1.165, 1.54) is 11.8 Å². The van der Waals surface area contributed by atoms with Crippen molar-refractivity contribution in [2.75, 3.05) is 6.54 Å². The van der Waals surface area contributed by atoms with E-state index >= 15 is 0 Å². The number of aromatic nitrogens is 2. The highest BCUT2D eigenvalue weighted by molar-refractivity contribution is 8.14. The molecule has 0 radical (unpaired) electrons. The SMILES string of the molecule is CC(=O)S[C@H](CCCN1C(=O)c2ccccc2C1=O)C(=O)N[C@@H](Cc1ncc[nH]1)C(C)C. The lowest BCUT2D eigenvalue weighted by Crippen LogP contribution is -2.44. The summed E-state index contributed by atoms with van der Waals surface area (Å²) in [6, 6.07) is 6.60. The number of carbonyl (C=O) groups excluding carboxylic acids is 4. The number of nitrogens with zero attached hydrogens (tertiary/aromatic N) is 2. The van der Waals surface area contributed by atoms with Gasteiger partial charge in [-0.25, -0.2) is 4.98 Å². The Balaban J connectivity index is 1.60. The average molecular weight is 457 g/mol. The first-order chi connectivity index (χ1) is 15.3. The van der Waals surface area contributed by atoms with Gasteiger partial charge in [0.15, 0.2) is 5.12 Å². The third-order valence-electron chi connectivity index (χ3n) is 5.43. The second-order valence-corrected chi connectivity index (χ2v) is 9.53. The molecule has 1 aliphatic heterocycles. The molecule has 8 nitrogen and oxygen atoms in total.